The zero-order valence-electron chi connectivity index (χ0n) is 10.7. The number of hydrogen-bond donors (Lipinski definition) is 2. The van der Waals surface area contributed by atoms with E-state index in [1.807, 2.05) is 0 Å². The summed E-state index contributed by atoms with van der Waals surface area (Å²) in [5.41, 5.74) is 7.27. The fraction of sp³-hybridized carbons (Fsp3) is 0.143. The molecule has 0 aliphatic rings. The van der Waals surface area contributed by atoms with E-state index in [1.54, 1.807) is 12.1 Å². The van der Waals surface area contributed by atoms with Crippen LogP contribution in [0.3, 0.4) is 0 Å². The van der Waals surface area contributed by atoms with Gasteiger partial charge in [0.25, 0.3) is 0 Å². The highest BCUT2D eigenvalue weighted by atomic mass is 35.5. The lowest BCUT2D eigenvalue weighted by atomic mass is 9.99. The number of rotatable bonds is 3. The molecule has 0 aromatic heterocycles. The van der Waals surface area contributed by atoms with Crippen LogP contribution in [0.2, 0.25) is 0 Å². The van der Waals surface area contributed by atoms with Crippen molar-refractivity contribution in [2.24, 2.45) is 5.73 Å². The number of phenolic OH excluding ortho intramolecular Hbond substituents is 1. The van der Waals surface area contributed by atoms with E-state index in [9.17, 15) is 18.3 Å². The molecule has 0 heterocycles. The number of phenols is 1. The number of aromatic hydroxyl groups is 1. The van der Waals surface area contributed by atoms with Gasteiger partial charge in [-0.05, 0) is 35.4 Å². The molecule has 0 aliphatic heterocycles. The van der Waals surface area contributed by atoms with Crippen LogP contribution in [0.5, 0.6) is 11.5 Å². The molecule has 2 aromatic carbocycles. The average molecular weight is 320 g/mol. The van der Waals surface area contributed by atoms with E-state index in [4.69, 9.17) is 5.73 Å². The standard InChI is InChI=1S/C14H12F3NO2.ClH/c15-14(16,17)20-12-6-4-9(5-7-12)13(18)10-2-1-3-11(19)8-10;/h1-8,13,19H,18H2;1H/t13-;/m0./s1. The molecule has 0 unspecified atom stereocenters. The topological polar surface area (TPSA) is 55.5 Å². The first kappa shape index (κ1) is 17.1. The predicted octanol–water partition coefficient (Wildman–Crippen LogP) is 3.76. The van der Waals surface area contributed by atoms with Crippen LogP contribution in [0.4, 0.5) is 13.2 Å². The summed E-state index contributed by atoms with van der Waals surface area (Å²) >= 11 is 0. The van der Waals surface area contributed by atoms with Crippen LogP contribution in [0, 0.1) is 0 Å². The fourth-order valence-electron chi connectivity index (χ4n) is 1.79. The van der Waals surface area contributed by atoms with Gasteiger partial charge in [0.1, 0.15) is 11.5 Å². The van der Waals surface area contributed by atoms with Crippen molar-refractivity contribution in [3.8, 4) is 11.5 Å². The normalized spacial score (nSPS) is 12.4. The first-order valence-electron chi connectivity index (χ1n) is 5.75. The van der Waals surface area contributed by atoms with Crippen molar-refractivity contribution < 1.29 is 23.0 Å². The molecule has 0 amide bonds. The zero-order valence-corrected chi connectivity index (χ0v) is 11.5. The van der Waals surface area contributed by atoms with E-state index in [0.29, 0.717) is 11.1 Å². The van der Waals surface area contributed by atoms with Crippen LogP contribution in [-0.4, -0.2) is 11.5 Å². The van der Waals surface area contributed by atoms with E-state index in [2.05, 4.69) is 4.74 Å². The van der Waals surface area contributed by atoms with E-state index in [0.717, 1.165) is 0 Å². The minimum Gasteiger partial charge on any atom is -0.508 e. The van der Waals surface area contributed by atoms with Gasteiger partial charge in [0.2, 0.25) is 0 Å². The van der Waals surface area contributed by atoms with Gasteiger partial charge in [-0.25, -0.2) is 0 Å². The van der Waals surface area contributed by atoms with Crippen LogP contribution >= 0.6 is 12.4 Å². The van der Waals surface area contributed by atoms with Gasteiger partial charge in [-0.3, -0.25) is 0 Å². The Balaban J connectivity index is 0.00000220. The lowest BCUT2D eigenvalue weighted by Gasteiger charge is -2.14. The number of nitrogens with two attached hydrogens (primary N) is 1. The van der Waals surface area contributed by atoms with Crippen LogP contribution in [0.1, 0.15) is 17.2 Å². The first-order chi connectivity index (χ1) is 9.35. The lowest BCUT2D eigenvalue weighted by Crippen LogP contribution is -2.17. The van der Waals surface area contributed by atoms with Gasteiger partial charge >= 0.3 is 6.36 Å². The second kappa shape index (κ2) is 6.69. The van der Waals surface area contributed by atoms with Crippen LogP contribution < -0.4 is 10.5 Å². The molecule has 3 nitrogen and oxygen atoms in total. The maximum absolute atomic E-state index is 12.0. The molecule has 21 heavy (non-hydrogen) atoms. The highest BCUT2D eigenvalue weighted by molar-refractivity contribution is 5.85. The molecule has 2 rings (SSSR count). The summed E-state index contributed by atoms with van der Waals surface area (Å²) in [6.07, 6.45) is -4.71. The largest absolute Gasteiger partial charge is 0.573 e. The maximum atomic E-state index is 12.0. The first-order valence-corrected chi connectivity index (χ1v) is 5.75. The number of benzene rings is 2. The van der Waals surface area contributed by atoms with Gasteiger partial charge in [-0.1, -0.05) is 24.3 Å². The predicted molar refractivity (Wildman–Crippen MR) is 74.5 cm³/mol. The molecule has 3 N–H and O–H groups in total. The number of alkyl halides is 3. The summed E-state index contributed by atoms with van der Waals surface area (Å²) in [4.78, 5) is 0. The number of halogens is 4. The van der Waals surface area contributed by atoms with Crippen molar-refractivity contribution in [2.45, 2.75) is 12.4 Å². The smallest absolute Gasteiger partial charge is 0.508 e. The van der Waals surface area contributed by atoms with Gasteiger partial charge in [0.05, 0.1) is 6.04 Å². The van der Waals surface area contributed by atoms with Gasteiger partial charge < -0.3 is 15.6 Å². The maximum Gasteiger partial charge on any atom is 0.573 e. The van der Waals surface area contributed by atoms with Crippen LogP contribution in [0.15, 0.2) is 48.5 Å². The Morgan fingerprint density at radius 3 is 2.14 bits per heavy atom. The molecule has 0 saturated carbocycles. The van der Waals surface area contributed by atoms with Gasteiger partial charge in [0, 0.05) is 0 Å². The van der Waals surface area contributed by atoms with Crippen molar-refractivity contribution in [2.75, 3.05) is 0 Å². The Kier molecular flexibility index (Phi) is 5.46. The fourth-order valence-corrected chi connectivity index (χ4v) is 1.79. The highest BCUT2D eigenvalue weighted by Gasteiger charge is 2.31. The second-order valence-corrected chi connectivity index (χ2v) is 4.19. The van der Waals surface area contributed by atoms with E-state index < -0.39 is 12.4 Å². The Hall–Kier alpha value is -1.92. The second-order valence-electron chi connectivity index (χ2n) is 4.19. The minimum absolute atomic E-state index is 0. The molecule has 0 spiro atoms. The molecule has 114 valence electrons. The van der Waals surface area contributed by atoms with Gasteiger partial charge in [-0.2, -0.15) is 0 Å². The van der Waals surface area contributed by atoms with Crippen molar-refractivity contribution >= 4 is 12.4 Å². The number of hydrogen-bond acceptors (Lipinski definition) is 3. The molecule has 0 radical (unpaired) electrons. The quantitative estimate of drug-likeness (QED) is 0.905. The van der Waals surface area contributed by atoms with E-state index >= 15 is 0 Å². The summed E-state index contributed by atoms with van der Waals surface area (Å²) in [6, 6.07) is 11.2. The third-order valence-corrected chi connectivity index (χ3v) is 2.70. The Morgan fingerprint density at radius 1 is 1.00 bits per heavy atom. The molecular weight excluding hydrogens is 307 g/mol. The molecule has 1 atom stereocenters. The lowest BCUT2D eigenvalue weighted by molar-refractivity contribution is -0.274. The van der Waals surface area contributed by atoms with Gasteiger partial charge in [0.15, 0.2) is 0 Å². The highest BCUT2D eigenvalue weighted by Crippen LogP contribution is 2.27. The molecule has 0 fully saturated rings. The van der Waals surface area contributed by atoms with Crippen molar-refractivity contribution in [3.63, 3.8) is 0 Å². The molecule has 0 aliphatic carbocycles. The molecule has 7 heteroatoms. The molecule has 0 saturated heterocycles. The summed E-state index contributed by atoms with van der Waals surface area (Å²) < 4.78 is 39.9. The summed E-state index contributed by atoms with van der Waals surface area (Å²) in [6.45, 7) is 0. The average Bonchev–Trinajstić information content (AvgIpc) is 2.37. The Labute approximate surface area is 125 Å². The molecule has 2 aromatic rings. The summed E-state index contributed by atoms with van der Waals surface area (Å²) in [5, 5.41) is 9.38. The SMILES string of the molecule is Cl.N[C@@H](c1ccc(OC(F)(F)F)cc1)c1cccc(O)c1. The monoisotopic (exact) mass is 319 g/mol. The van der Waals surface area contributed by atoms with Crippen LogP contribution in [-0.2, 0) is 0 Å². The third kappa shape index (κ3) is 4.84. The van der Waals surface area contributed by atoms with Crippen molar-refractivity contribution in [1.29, 1.82) is 0 Å². The van der Waals surface area contributed by atoms with E-state index in [-0.39, 0.29) is 23.9 Å². The number of ether oxygens (including phenoxy) is 1. The third-order valence-electron chi connectivity index (χ3n) is 2.70. The summed E-state index contributed by atoms with van der Waals surface area (Å²) in [5.74, 6) is -0.223. The van der Waals surface area contributed by atoms with Crippen LogP contribution in [0.25, 0.3) is 0 Å². The van der Waals surface area contributed by atoms with Gasteiger partial charge in [-0.15, -0.1) is 25.6 Å². The Morgan fingerprint density at radius 2 is 1.62 bits per heavy atom. The zero-order chi connectivity index (χ0) is 14.8. The molecule has 0 bridgehead atoms. The Bertz CT molecular complexity index is 588. The summed E-state index contributed by atoms with van der Waals surface area (Å²) in [7, 11) is 0. The van der Waals surface area contributed by atoms with Crippen molar-refractivity contribution in [3.05, 3.63) is 59.7 Å². The van der Waals surface area contributed by atoms with E-state index in [1.165, 1.54) is 36.4 Å². The van der Waals surface area contributed by atoms with Crippen molar-refractivity contribution in [1.82, 2.24) is 0 Å². The minimum atomic E-state index is -4.71. The molecular formula is C14H13ClF3NO2.